The summed E-state index contributed by atoms with van der Waals surface area (Å²) in [6.07, 6.45) is 8.64. The number of aryl methyl sites for hydroxylation is 1. The predicted octanol–water partition coefficient (Wildman–Crippen LogP) is 1.95. The van der Waals surface area contributed by atoms with E-state index in [-0.39, 0.29) is 12.0 Å². The molecule has 1 unspecified atom stereocenters. The van der Waals surface area contributed by atoms with Crippen LogP contribution < -0.4 is 10.6 Å². The number of aromatic nitrogens is 2. The molecule has 0 spiro atoms. The predicted molar refractivity (Wildman–Crippen MR) is 103 cm³/mol. The van der Waals surface area contributed by atoms with Crippen LogP contribution in [0.5, 0.6) is 0 Å². The minimum absolute atomic E-state index is 0.258. The van der Waals surface area contributed by atoms with Gasteiger partial charge in [0.15, 0.2) is 5.96 Å². The molecule has 1 aromatic rings. The molecule has 26 heavy (non-hydrogen) atoms. The highest BCUT2D eigenvalue weighted by molar-refractivity contribution is 5.81. The first kappa shape index (κ1) is 18.7. The number of guanidine groups is 1. The number of nitrogens with zero attached hydrogens (tertiary/aromatic N) is 3. The quantitative estimate of drug-likeness (QED) is 0.553. The number of likely N-dealkylation sites (tertiary alicyclic amines) is 1. The minimum Gasteiger partial charge on any atom is -0.357 e. The lowest BCUT2D eigenvalue weighted by atomic mass is 9.88. The first-order valence-electron chi connectivity index (χ1n) is 10.00. The fraction of sp³-hybridized carbons (Fsp3) is 0.737. The summed E-state index contributed by atoms with van der Waals surface area (Å²) in [5.41, 5.74) is 2.15. The first-order chi connectivity index (χ1) is 12.7. The monoisotopic (exact) mass is 360 g/mol. The van der Waals surface area contributed by atoms with Crippen molar-refractivity contribution in [3.63, 3.8) is 0 Å². The van der Waals surface area contributed by atoms with Gasteiger partial charge in [0.2, 0.25) is 5.91 Å². The largest absolute Gasteiger partial charge is 0.357 e. The summed E-state index contributed by atoms with van der Waals surface area (Å²) in [7, 11) is 0. The number of H-pyrrole nitrogens is 1. The van der Waals surface area contributed by atoms with Crippen LogP contribution in [0.2, 0.25) is 0 Å². The highest BCUT2D eigenvalue weighted by Crippen LogP contribution is 2.26. The third-order valence-corrected chi connectivity index (χ3v) is 5.48. The molecule has 0 radical (unpaired) electrons. The molecule has 2 aliphatic rings. The number of hydrogen-bond donors (Lipinski definition) is 3. The van der Waals surface area contributed by atoms with Crippen molar-refractivity contribution in [3.05, 3.63) is 17.5 Å². The fourth-order valence-corrected chi connectivity index (χ4v) is 3.90. The Labute approximate surface area is 156 Å². The van der Waals surface area contributed by atoms with E-state index < -0.39 is 0 Å². The Morgan fingerprint density at radius 2 is 2.15 bits per heavy atom. The van der Waals surface area contributed by atoms with Crippen LogP contribution in [0.1, 0.15) is 56.7 Å². The van der Waals surface area contributed by atoms with Crippen LogP contribution in [-0.4, -0.2) is 52.6 Å². The van der Waals surface area contributed by atoms with Gasteiger partial charge in [-0.2, -0.15) is 5.10 Å². The van der Waals surface area contributed by atoms with Gasteiger partial charge in [0, 0.05) is 42.9 Å². The number of carbonyl (C=O) groups excluding carboxylic acids is 1. The van der Waals surface area contributed by atoms with Gasteiger partial charge in [0.1, 0.15) is 0 Å². The van der Waals surface area contributed by atoms with Crippen LogP contribution in [0.25, 0.3) is 0 Å². The lowest BCUT2D eigenvalue weighted by molar-refractivity contribution is -0.135. The van der Waals surface area contributed by atoms with Gasteiger partial charge in [-0.3, -0.25) is 9.89 Å². The standard InChI is InChI=1S/C19H32N6O/c1-3-20-19(21-11-16-12-22-24-14(16)2)23-17-9-10-25(13-17)18(26)15-7-5-4-6-8-15/h12,15,17H,3-11,13H2,1-2H3,(H,22,24)(H2,20,21,23). The van der Waals surface area contributed by atoms with Crippen molar-refractivity contribution in [2.75, 3.05) is 19.6 Å². The molecular weight excluding hydrogens is 328 g/mol. The molecule has 1 aromatic heterocycles. The van der Waals surface area contributed by atoms with Gasteiger partial charge >= 0.3 is 0 Å². The Morgan fingerprint density at radius 1 is 1.35 bits per heavy atom. The molecule has 1 amide bonds. The molecule has 1 aliphatic heterocycles. The lowest BCUT2D eigenvalue weighted by Crippen LogP contribution is -2.45. The molecule has 1 aliphatic carbocycles. The van der Waals surface area contributed by atoms with Crippen molar-refractivity contribution in [2.24, 2.45) is 10.9 Å². The lowest BCUT2D eigenvalue weighted by Gasteiger charge is -2.26. The van der Waals surface area contributed by atoms with Crippen LogP contribution in [0.15, 0.2) is 11.2 Å². The molecule has 2 fully saturated rings. The zero-order valence-electron chi connectivity index (χ0n) is 16.1. The number of nitrogens with one attached hydrogen (secondary N) is 3. The second-order valence-electron chi connectivity index (χ2n) is 7.46. The Kier molecular flexibility index (Phi) is 6.52. The zero-order valence-corrected chi connectivity index (χ0v) is 16.1. The smallest absolute Gasteiger partial charge is 0.225 e. The number of hydrogen-bond acceptors (Lipinski definition) is 3. The van der Waals surface area contributed by atoms with Crippen molar-refractivity contribution in [1.82, 2.24) is 25.7 Å². The second-order valence-corrected chi connectivity index (χ2v) is 7.46. The Morgan fingerprint density at radius 3 is 2.85 bits per heavy atom. The molecule has 3 N–H and O–H groups in total. The van der Waals surface area contributed by atoms with Gasteiger partial charge in [0.05, 0.1) is 12.7 Å². The van der Waals surface area contributed by atoms with Crippen LogP contribution >= 0.6 is 0 Å². The van der Waals surface area contributed by atoms with E-state index in [9.17, 15) is 4.79 Å². The third kappa shape index (κ3) is 4.77. The molecule has 3 rings (SSSR count). The highest BCUT2D eigenvalue weighted by Gasteiger charge is 2.31. The average Bonchev–Trinajstić information content (AvgIpc) is 3.29. The number of aromatic amines is 1. The van der Waals surface area contributed by atoms with Crippen LogP contribution in [0, 0.1) is 12.8 Å². The Balaban J connectivity index is 1.53. The normalized spacial score (nSPS) is 21.8. The summed E-state index contributed by atoms with van der Waals surface area (Å²) in [6.45, 7) is 7.11. The van der Waals surface area contributed by atoms with E-state index in [2.05, 4.69) is 37.6 Å². The Hall–Kier alpha value is -2.05. The highest BCUT2D eigenvalue weighted by atomic mass is 16.2. The summed E-state index contributed by atoms with van der Waals surface area (Å²) in [6, 6.07) is 0.269. The van der Waals surface area contributed by atoms with Gasteiger partial charge < -0.3 is 15.5 Å². The van der Waals surface area contributed by atoms with E-state index in [4.69, 9.17) is 0 Å². The summed E-state index contributed by atoms with van der Waals surface area (Å²) in [5.74, 6) is 1.43. The molecule has 7 heteroatoms. The van der Waals surface area contributed by atoms with Crippen LogP contribution in [-0.2, 0) is 11.3 Å². The summed E-state index contributed by atoms with van der Waals surface area (Å²) < 4.78 is 0. The van der Waals surface area contributed by atoms with E-state index in [1.54, 1.807) is 0 Å². The fourth-order valence-electron chi connectivity index (χ4n) is 3.90. The van der Waals surface area contributed by atoms with Crippen molar-refractivity contribution in [3.8, 4) is 0 Å². The SMILES string of the molecule is CCNC(=NCc1cn[nH]c1C)NC1CCN(C(=O)C2CCCCC2)C1. The van der Waals surface area contributed by atoms with Gasteiger partial charge in [-0.15, -0.1) is 0 Å². The maximum Gasteiger partial charge on any atom is 0.225 e. The number of carbonyl (C=O) groups is 1. The molecular formula is C19H32N6O. The van der Waals surface area contributed by atoms with Gasteiger partial charge in [-0.25, -0.2) is 4.99 Å². The van der Waals surface area contributed by atoms with Crippen molar-refractivity contribution in [2.45, 2.75) is 65.0 Å². The molecule has 0 bridgehead atoms. The van der Waals surface area contributed by atoms with Crippen LogP contribution in [0.3, 0.4) is 0 Å². The number of amides is 1. The van der Waals surface area contributed by atoms with E-state index in [1.165, 1.54) is 19.3 Å². The summed E-state index contributed by atoms with van der Waals surface area (Å²) in [5, 5.41) is 13.8. The van der Waals surface area contributed by atoms with Crippen molar-refractivity contribution in [1.29, 1.82) is 0 Å². The topological polar surface area (TPSA) is 85.4 Å². The second kappa shape index (κ2) is 9.05. The van der Waals surface area contributed by atoms with E-state index in [0.29, 0.717) is 12.5 Å². The molecule has 1 atom stereocenters. The first-order valence-corrected chi connectivity index (χ1v) is 10.00. The molecule has 1 saturated heterocycles. The number of rotatable bonds is 5. The van der Waals surface area contributed by atoms with E-state index in [0.717, 1.165) is 56.1 Å². The van der Waals surface area contributed by atoms with E-state index in [1.807, 2.05) is 13.1 Å². The zero-order chi connectivity index (χ0) is 18.4. The van der Waals surface area contributed by atoms with Gasteiger partial charge in [-0.1, -0.05) is 19.3 Å². The maximum absolute atomic E-state index is 12.7. The average molecular weight is 361 g/mol. The minimum atomic E-state index is 0.258. The molecule has 7 nitrogen and oxygen atoms in total. The van der Waals surface area contributed by atoms with Crippen molar-refractivity contribution < 1.29 is 4.79 Å². The molecule has 1 saturated carbocycles. The maximum atomic E-state index is 12.7. The Bertz CT molecular complexity index is 619. The van der Waals surface area contributed by atoms with Crippen LogP contribution in [0.4, 0.5) is 0 Å². The van der Waals surface area contributed by atoms with E-state index >= 15 is 0 Å². The third-order valence-electron chi connectivity index (χ3n) is 5.48. The molecule has 144 valence electrons. The number of aliphatic imine (C=N–C) groups is 1. The molecule has 0 aromatic carbocycles. The van der Waals surface area contributed by atoms with Gasteiger partial charge in [-0.05, 0) is 33.1 Å². The van der Waals surface area contributed by atoms with Crippen molar-refractivity contribution >= 4 is 11.9 Å². The summed E-state index contributed by atoms with van der Waals surface area (Å²) >= 11 is 0. The summed E-state index contributed by atoms with van der Waals surface area (Å²) in [4.78, 5) is 19.4. The van der Waals surface area contributed by atoms with Gasteiger partial charge in [0.25, 0.3) is 0 Å². The molecule has 2 heterocycles.